The van der Waals surface area contributed by atoms with Gasteiger partial charge in [-0.15, -0.1) is 0 Å². The molecule has 1 aliphatic carbocycles. The molecule has 4 rings (SSSR count). The van der Waals surface area contributed by atoms with E-state index in [0.717, 1.165) is 31.5 Å². The number of aliphatic hydroxyl groups excluding tert-OH is 1. The lowest BCUT2D eigenvalue weighted by Gasteiger charge is -2.39. The SMILES string of the molecule is CNC(=O)c1ccc(CN[C@@H]2c3ccccc3C3(CCNCC3)[C@H]2O)cc1. The van der Waals surface area contributed by atoms with E-state index in [4.69, 9.17) is 0 Å². The maximum absolute atomic E-state index is 11.7. The van der Waals surface area contributed by atoms with Crippen molar-refractivity contribution in [2.75, 3.05) is 20.1 Å². The molecule has 1 aliphatic heterocycles. The van der Waals surface area contributed by atoms with E-state index < -0.39 is 6.10 Å². The van der Waals surface area contributed by atoms with E-state index in [-0.39, 0.29) is 17.4 Å². The van der Waals surface area contributed by atoms with Crippen molar-refractivity contribution >= 4 is 5.91 Å². The number of hydrogen-bond donors (Lipinski definition) is 4. The largest absolute Gasteiger partial charge is 0.390 e. The monoisotopic (exact) mass is 365 g/mol. The van der Waals surface area contributed by atoms with Crippen molar-refractivity contribution < 1.29 is 9.90 Å². The van der Waals surface area contributed by atoms with Crippen molar-refractivity contribution in [1.29, 1.82) is 0 Å². The van der Waals surface area contributed by atoms with Gasteiger partial charge in [0.15, 0.2) is 0 Å². The maximum atomic E-state index is 11.7. The Labute approximate surface area is 160 Å². The Hall–Kier alpha value is -2.21. The summed E-state index contributed by atoms with van der Waals surface area (Å²) in [5.74, 6) is -0.0810. The van der Waals surface area contributed by atoms with Gasteiger partial charge >= 0.3 is 0 Å². The van der Waals surface area contributed by atoms with Crippen LogP contribution in [0.25, 0.3) is 0 Å². The molecule has 2 aliphatic rings. The number of aliphatic hydroxyl groups is 1. The van der Waals surface area contributed by atoms with Gasteiger partial charge in [-0.05, 0) is 54.8 Å². The van der Waals surface area contributed by atoms with Crippen LogP contribution in [0.4, 0.5) is 0 Å². The van der Waals surface area contributed by atoms with E-state index in [1.54, 1.807) is 7.05 Å². The van der Waals surface area contributed by atoms with Crippen molar-refractivity contribution in [1.82, 2.24) is 16.0 Å². The summed E-state index contributed by atoms with van der Waals surface area (Å²) in [6.45, 7) is 2.54. The summed E-state index contributed by atoms with van der Waals surface area (Å²) in [6.07, 6.45) is 1.50. The number of nitrogens with one attached hydrogen (secondary N) is 3. The molecule has 0 aromatic heterocycles. The van der Waals surface area contributed by atoms with Crippen LogP contribution in [0.5, 0.6) is 0 Å². The fourth-order valence-electron chi connectivity index (χ4n) is 4.68. The summed E-state index contributed by atoms with van der Waals surface area (Å²) in [5, 5.41) is 20.9. The van der Waals surface area contributed by atoms with Crippen LogP contribution in [0, 0.1) is 0 Å². The highest BCUT2D eigenvalue weighted by Crippen LogP contribution is 2.50. The molecule has 1 spiro atoms. The topological polar surface area (TPSA) is 73.4 Å². The summed E-state index contributed by atoms with van der Waals surface area (Å²) in [5.41, 5.74) is 4.11. The normalized spacial score (nSPS) is 23.2. The Morgan fingerprint density at radius 3 is 2.56 bits per heavy atom. The Morgan fingerprint density at radius 1 is 1.15 bits per heavy atom. The van der Waals surface area contributed by atoms with Gasteiger partial charge in [-0.2, -0.15) is 0 Å². The molecule has 2 aromatic rings. The first-order chi connectivity index (χ1) is 13.2. The molecule has 2 aromatic carbocycles. The fourth-order valence-corrected chi connectivity index (χ4v) is 4.68. The Bertz CT molecular complexity index is 813. The molecule has 2 atom stereocenters. The number of piperidine rings is 1. The van der Waals surface area contributed by atoms with Gasteiger partial charge in [-0.25, -0.2) is 0 Å². The third-order valence-electron chi connectivity index (χ3n) is 6.18. The summed E-state index contributed by atoms with van der Waals surface area (Å²) in [4.78, 5) is 11.7. The third kappa shape index (κ3) is 3.16. The zero-order chi connectivity index (χ0) is 18.9. The zero-order valence-electron chi connectivity index (χ0n) is 15.7. The first-order valence-electron chi connectivity index (χ1n) is 9.68. The minimum atomic E-state index is -0.429. The molecular weight excluding hydrogens is 338 g/mol. The molecule has 1 saturated heterocycles. The average molecular weight is 365 g/mol. The molecule has 27 heavy (non-hydrogen) atoms. The van der Waals surface area contributed by atoms with Crippen LogP contribution in [-0.2, 0) is 12.0 Å². The minimum Gasteiger partial charge on any atom is -0.390 e. The van der Waals surface area contributed by atoms with Crippen molar-refractivity contribution in [3.05, 3.63) is 70.8 Å². The van der Waals surface area contributed by atoms with Crippen LogP contribution in [0.1, 0.15) is 45.9 Å². The second-order valence-corrected chi connectivity index (χ2v) is 7.57. The van der Waals surface area contributed by atoms with Gasteiger partial charge in [-0.1, -0.05) is 36.4 Å². The van der Waals surface area contributed by atoms with E-state index in [1.807, 2.05) is 24.3 Å². The lowest BCUT2D eigenvalue weighted by molar-refractivity contribution is 0.0439. The Balaban J connectivity index is 1.53. The average Bonchev–Trinajstić information content (AvgIpc) is 2.95. The number of hydrogen-bond acceptors (Lipinski definition) is 4. The second kappa shape index (κ2) is 7.43. The van der Waals surface area contributed by atoms with Gasteiger partial charge in [0.1, 0.15) is 0 Å². The van der Waals surface area contributed by atoms with Crippen LogP contribution in [0.15, 0.2) is 48.5 Å². The van der Waals surface area contributed by atoms with Gasteiger partial charge in [0.25, 0.3) is 5.91 Å². The highest BCUT2D eigenvalue weighted by molar-refractivity contribution is 5.93. The van der Waals surface area contributed by atoms with Crippen LogP contribution in [-0.4, -0.2) is 37.3 Å². The van der Waals surface area contributed by atoms with Crippen LogP contribution in [0.2, 0.25) is 0 Å². The molecule has 5 heteroatoms. The predicted octanol–water partition coefficient (Wildman–Crippen LogP) is 1.87. The number of amides is 1. The molecule has 5 nitrogen and oxygen atoms in total. The fraction of sp³-hybridized carbons (Fsp3) is 0.409. The standard InChI is InChI=1S/C22H27N3O2/c1-23-21(27)16-8-6-15(7-9-16)14-25-19-17-4-2-3-5-18(17)22(20(19)26)10-12-24-13-11-22/h2-9,19-20,24-26H,10-14H2,1H3,(H,23,27)/t19-,20+/m1/s1. The minimum absolute atomic E-state index is 0.0714. The summed E-state index contributed by atoms with van der Waals surface area (Å²) in [7, 11) is 1.63. The molecule has 1 fully saturated rings. The van der Waals surface area contributed by atoms with Crippen molar-refractivity contribution in [2.24, 2.45) is 0 Å². The molecule has 142 valence electrons. The second-order valence-electron chi connectivity index (χ2n) is 7.57. The summed E-state index contributed by atoms with van der Waals surface area (Å²) in [6, 6.07) is 16.0. The molecule has 0 radical (unpaired) electrons. The maximum Gasteiger partial charge on any atom is 0.251 e. The Morgan fingerprint density at radius 2 is 1.85 bits per heavy atom. The number of carbonyl (C=O) groups excluding carboxylic acids is 1. The van der Waals surface area contributed by atoms with E-state index in [2.05, 4.69) is 40.2 Å². The third-order valence-corrected chi connectivity index (χ3v) is 6.18. The first-order valence-corrected chi connectivity index (χ1v) is 9.68. The van der Waals surface area contributed by atoms with Crippen molar-refractivity contribution in [2.45, 2.75) is 36.9 Å². The Kier molecular flexibility index (Phi) is 5.00. The molecule has 4 N–H and O–H groups in total. The van der Waals surface area contributed by atoms with E-state index in [0.29, 0.717) is 12.1 Å². The number of benzene rings is 2. The number of carbonyl (C=O) groups is 1. The summed E-state index contributed by atoms with van der Waals surface area (Å²) < 4.78 is 0. The van der Waals surface area contributed by atoms with Crippen molar-refractivity contribution in [3.8, 4) is 0 Å². The van der Waals surface area contributed by atoms with E-state index >= 15 is 0 Å². The van der Waals surface area contributed by atoms with Gasteiger partial charge in [0.2, 0.25) is 0 Å². The quantitative estimate of drug-likeness (QED) is 0.668. The van der Waals surface area contributed by atoms with Crippen LogP contribution in [0.3, 0.4) is 0 Å². The molecule has 0 saturated carbocycles. The predicted molar refractivity (Wildman–Crippen MR) is 106 cm³/mol. The molecule has 0 unspecified atom stereocenters. The first kappa shape index (κ1) is 18.2. The molecule has 0 bridgehead atoms. The van der Waals surface area contributed by atoms with Gasteiger partial charge in [0, 0.05) is 24.6 Å². The number of fused-ring (bicyclic) bond motifs is 2. The lowest BCUT2D eigenvalue weighted by Crippen LogP contribution is -2.47. The highest BCUT2D eigenvalue weighted by atomic mass is 16.3. The van der Waals surface area contributed by atoms with Crippen LogP contribution < -0.4 is 16.0 Å². The molecular formula is C22H27N3O2. The van der Waals surface area contributed by atoms with E-state index in [9.17, 15) is 9.90 Å². The smallest absolute Gasteiger partial charge is 0.251 e. The zero-order valence-corrected chi connectivity index (χ0v) is 15.7. The lowest BCUT2D eigenvalue weighted by atomic mass is 9.72. The van der Waals surface area contributed by atoms with Crippen LogP contribution >= 0.6 is 0 Å². The highest BCUT2D eigenvalue weighted by Gasteiger charge is 2.51. The molecule has 1 heterocycles. The summed E-state index contributed by atoms with van der Waals surface area (Å²) >= 11 is 0. The van der Waals surface area contributed by atoms with Gasteiger partial charge in [0.05, 0.1) is 12.1 Å². The van der Waals surface area contributed by atoms with Gasteiger partial charge in [-0.3, -0.25) is 4.79 Å². The van der Waals surface area contributed by atoms with Gasteiger partial charge < -0.3 is 21.1 Å². The molecule has 1 amide bonds. The van der Waals surface area contributed by atoms with E-state index in [1.165, 1.54) is 11.1 Å². The van der Waals surface area contributed by atoms with Crippen molar-refractivity contribution in [3.63, 3.8) is 0 Å². The number of rotatable bonds is 4.